The van der Waals surface area contributed by atoms with Gasteiger partial charge >= 0.3 is 6.03 Å². The van der Waals surface area contributed by atoms with Crippen LogP contribution in [0.25, 0.3) is 0 Å². The molecule has 0 aromatic heterocycles. The Labute approximate surface area is 118 Å². The van der Waals surface area contributed by atoms with E-state index in [0.29, 0.717) is 11.3 Å². The molecule has 0 aliphatic carbocycles. The summed E-state index contributed by atoms with van der Waals surface area (Å²) in [5.74, 6) is -0.116. The van der Waals surface area contributed by atoms with E-state index >= 15 is 0 Å². The van der Waals surface area contributed by atoms with E-state index < -0.39 is 6.03 Å². The number of amides is 3. The van der Waals surface area contributed by atoms with Gasteiger partial charge in [0.05, 0.1) is 0 Å². The van der Waals surface area contributed by atoms with Crippen LogP contribution < -0.4 is 10.6 Å². The van der Waals surface area contributed by atoms with Crippen molar-refractivity contribution in [3.63, 3.8) is 0 Å². The lowest BCUT2D eigenvalue weighted by Gasteiger charge is -2.11. The average molecular weight is 277 g/mol. The van der Waals surface area contributed by atoms with Gasteiger partial charge in [-0.25, -0.2) is 4.79 Å². The molecule has 0 bridgehead atoms. The number of urea groups is 1. The van der Waals surface area contributed by atoms with E-state index in [0.717, 1.165) is 0 Å². The van der Waals surface area contributed by atoms with E-state index in [1.165, 1.54) is 11.8 Å². The van der Waals surface area contributed by atoms with Gasteiger partial charge in [0, 0.05) is 38.3 Å². The SMILES string of the molecule is CC(=O)c1cccc(NC(=O)NCCC(=O)N(C)C)c1. The maximum absolute atomic E-state index is 11.6. The highest BCUT2D eigenvalue weighted by Crippen LogP contribution is 2.10. The van der Waals surface area contributed by atoms with Gasteiger partial charge in [-0.1, -0.05) is 12.1 Å². The number of Topliss-reactive ketones (excluding diaryl/α,β-unsaturated/α-hetero) is 1. The molecule has 1 aromatic rings. The summed E-state index contributed by atoms with van der Waals surface area (Å²) in [6, 6.07) is 6.27. The molecule has 2 N–H and O–H groups in total. The van der Waals surface area contributed by atoms with Crippen LogP contribution in [0.3, 0.4) is 0 Å². The lowest BCUT2D eigenvalue weighted by molar-refractivity contribution is -0.128. The van der Waals surface area contributed by atoms with Gasteiger partial charge in [-0.3, -0.25) is 9.59 Å². The average Bonchev–Trinajstić information content (AvgIpc) is 2.38. The zero-order chi connectivity index (χ0) is 15.1. The molecule has 0 spiro atoms. The Morgan fingerprint density at radius 1 is 1.20 bits per heavy atom. The fourth-order valence-corrected chi connectivity index (χ4v) is 1.50. The number of hydrogen-bond donors (Lipinski definition) is 2. The van der Waals surface area contributed by atoms with Gasteiger partial charge in [0.15, 0.2) is 5.78 Å². The molecule has 1 aromatic carbocycles. The molecule has 0 unspecified atom stereocenters. The van der Waals surface area contributed by atoms with Crippen molar-refractivity contribution in [2.75, 3.05) is 26.0 Å². The van der Waals surface area contributed by atoms with Gasteiger partial charge in [0.1, 0.15) is 0 Å². The zero-order valence-electron chi connectivity index (χ0n) is 11.9. The highest BCUT2D eigenvalue weighted by molar-refractivity contribution is 5.96. The standard InChI is InChI=1S/C14H19N3O3/c1-10(18)11-5-4-6-12(9-11)16-14(20)15-8-7-13(19)17(2)3/h4-6,9H,7-8H2,1-3H3,(H2,15,16,20). The molecule has 0 aliphatic rings. The summed E-state index contributed by atoms with van der Waals surface area (Å²) in [5.41, 5.74) is 1.07. The molecule has 3 amide bonds. The van der Waals surface area contributed by atoms with Crippen LogP contribution in [0.5, 0.6) is 0 Å². The summed E-state index contributed by atoms with van der Waals surface area (Å²) in [5, 5.41) is 5.20. The Morgan fingerprint density at radius 3 is 2.50 bits per heavy atom. The number of carbonyl (C=O) groups is 3. The number of anilines is 1. The summed E-state index contributed by atoms with van der Waals surface area (Å²) in [4.78, 5) is 35.6. The minimum Gasteiger partial charge on any atom is -0.349 e. The fourth-order valence-electron chi connectivity index (χ4n) is 1.50. The van der Waals surface area contributed by atoms with E-state index in [4.69, 9.17) is 0 Å². The molecule has 0 saturated carbocycles. The molecular formula is C14H19N3O3. The quantitative estimate of drug-likeness (QED) is 0.800. The predicted octanol–water partition coefficient (Wildman–Crippen LogP) is 1.49. The lowest BCUT2D eigenvalue weighted by Crippen LogP contribution is -2.33. The van der Waals surface area contributed by atoms with Crippen molar-refractivity contribution in [2.45, 2.75) is 13.3 Å². The van der Waals surface area contributed by atoms with E-state index in [1.807, 2.05) is 0 Å². The number of nitrogens with one attached hydrogen (secondary N) is 2. The number of rotatable bonds is 5. The van der Waals surface area contributed by atoms with Crippen LogP contribution in [0.4, 0.5) is 10.5 Å². The first-order chi connectivity index (χ1) is 9.40. The summed E-state index contributed by atoms with van der Waals surface area (Å²) in [7, 11) is 3.32. The molecule has 20 heavy (non-hydrogen) atoms. The van der Waals surface area contributed by atoms with Crippen molar-refractivity contribution in [2.24, 2.45) is 0 Å². The smallest absolute Gasteiger partial charge is 0.319 e. The van der Waals surface area contributed by atoms with Gasteiger partial charge in [0.2, 0.25) is 5.91 Å². The van der Waals surface area contributed by atoms with Crippen molar-refractivity contribution in [3.05, 3.63) is 29.8 Å². The molecule has 0 radical (unpaired) electrons. The maximum Gasteiger partial charge on any atom is 0.319 e. The number of ketones is 1. The summed E-state index contributed by atoms with van der Waals surface area (Å²) >= 11 is 0. The maximum atomic E-state index is 11.6. The molecule has 0 atom stereocenters. The molecule has 6 nitrogen and oxygen atoms in total. The summed E-state index contributed by atoms with van der Waals surface area (Å²) in [6.45, 7) is 1.72. The van der Waals surface area contributed by atoms with Gasteiger partial charge in [-0.15, -0.1) is 0 Å². The Morgan fingerprint density at radius 2 is 1.90 bits per heavy atom. The summed E-state index contributed by atoms with van der Waals surface area (Å²) < 4.78 is 0. The lowest BCUT2D eigenvalue weighted by atomic mass is 10.1. The van der Waals surface area contributed by atoms with Crippen LogP contribution in [0.15, 0.2) is 24.3 Å². The van der Waals surface area contributed by atoms with E-state index in [1.54, 1.807) is 38.4 Å². The zero-order valence-corrected chi connectivity index (χ0v) is 11.9. The third-order valence-electron chi connectivity index (χ3n) is 2.65. The fraction of sp³-hybridized carbons (Fsp3) is 0.357. The van der Waals surface area contributed by atoms with Crippen LogP contribution in [0.2, 0.25) is 0 Å². The summed E-state index contributed by atoms with van der Waals surface area (Å²) in [6.07, 6.45) is 0.244. The number of benzene rings is 1. The van der Waals surface area contributed by atoms with Crippen LogP contribution in [0, 0.1) is 0 Å². The molecule has 0 aliphatic heterocycles. The van der Waals surface area contributed by atoms with E-state index in [-0.39, 0.29) is 24.7 Å². The van der Waals surface area contributed by atoms with Crippen molar-refractivity contribution in [1.82, 2.24) is 10.2 Å². The van der Waals surface area contributed by atoms with Crippen molar-refractivity contribution in [3.8, 4) is 0 Å². The van der Waals surface area contributed by atoms with Gasteiger partial charge in [-0.2, -0.15) is 0 Å². The van der Waals surface area contributed by atoms with Gasteiger partial charge in [-0.05, 0) is 19.1 Å². The largest absolute Gasteiger partial charge is 0.349 e. The Balaban J connectivity index is 2.45. The van der Waals surface area contributed by atoms with E-state index in [2.05, 4.69) is 10.6 Å². The molecule has 1 rings (SSSR count). The number of carbonyl (C=O) groups excluding carboxylic acids is 3. The highest BCUT2D eigenvalue weighted by atomic mass is 16.2. The third kappa shape index (κ3) is 5.09. The minimum atomic E-state index is -0.405. The molecular weight excluding hydrogens is 258 g/mol. The molecule has 0 heterocycles. The predicted molar refractivity (Wildman–Crippen MR) is 76.8 cm³/mol. The molecule has 6 heteroatoms. The normalized spacial score (nSPS) is 9.75. The van der Waals surface area contributed by atoms with Gasteiger partial charge in [0.25, 0.3) is 0 Å². The molecule has 0 saturated heterocycles. The second kappa shape index (κ2) is 7.28. The highest BCUT2D eigenvalue weighted by Gasteiger charge is 2.06. The topological polar surface area (TPSA) is 78.5 Å². The number of hydrogen-bond acceptors (Lipinski definition) is 3. The monoisotopic (exact) mass is 277 g/mol. The second-order valence-corrected chi connectivity index (χ2v) is 4.56. The van der Waals surface area contributed by atoms with Crippen molar-refractivity contribution in [1.29, 1.82) is 0 Å². The second-order valence-electron chi connectivity index (χ2n) is 4.56. The van der Waals surface area contributed by atoms with E-state index in [9.17, 15) is 14.4 Å². The van der Waals surface area contributed by atoms with Crippen molar-refractivity contribution < 1.29 is 14.4 Å². The third-order valence-corrected chi connectivity index (χ3v) is 2.65. The Hall–Kier alpha value is -2.37. The van der Waals surface area contributed by atoms with Crippen LogP contribution in [-0.4, -0.2) is 43.3 Å². The Bertz CT molecular complexity index is 512. The molecule has 0 fully saturated rings. The van der Waals surface area contributed by atoms with Crippen molar-refractivity contribution >= 4 is 23.4 Å². The first-order valence-electron chi connectivity index (χ1n) is 6.26. The molecule has 108 valence electrons. The first kappa shape index (κ1) is 15.7. The van der Waals surface area contributed by atoms with Crippen LogP contribution in [0.1, 0.15) is 23.7 Å². The first-order valence-corrected chi connectivity index (χ1v) is 6.26. The van der Waals surface area contributed by atoms with Gasteiger partial charge < -0.3 is 15.5 Å². The van der Waals surface area contributed by atoms with Crippen LogP contribution in [-0.2, 0) is 4.79 Å². The number of nitrogens with zero attached hydrogens (tertiary/aromatic N) is 1. The Kier molecular flexibility index (Phi) is 5.71. The van der Waals surface area contributed by atoms with Crippen LogP contribution >= 0.6 is 0 Å². The minimum absolute atomic E-state index is 0.0520.